The predicted octanol–water partition coefficient (Wildman–Crippen LogP) is 1.39. The summed E-state index contributed by atoms with van der Waals surface area (Å²) < 4.78 is 0. The molecule has 0 aromatic carbocycles. The normalized spacial score (nSPS) is 23.1. The van der Waals surface area contributed by atoms with Crippen molar-refractivity contribution in [2.45, 2.75) is 31.8 Å². The summed E-state index contributed by atoms with van der Waals surface area (Å²) >= 11 is 0. The first-order valence-electron chi connectivity index (χ1n) is 6.95. The smallest absolute Gasteiger partial charge is 0.133 e. The van der Waals surface area contributed by atoms with E-state index in [1.54, 1.807) is 0 Å². The number of piperazine rings is 1. The number of hydrogen-bond acceptors (Lipinski definition) is 4. The number of nitrogens with two attached hydrogens (primary N) is 1. The van der Waals surface area contributed by atoms with E-state index in [-0.39, 0.29) is 6.04 Å². The van der Waals surface area contributed by atoms with Gasteiger partial charge < -0.3 is 10.6 Å². The molecule has 3 rings (SSSR count). The Kier molecular flexibility index (Phi) is 3.22. The summed E-state index contributed by atoms with van der Waals surface area (Å²) in [6, 6.07) is 5.00. The first-order valence-corrected chi connectivity index (χ1v) is 6.95. The average Bonchev–Trinajstić information content (AvgIpc) is 3.23. The second kappa shape index (κ2) is 4.86. The molecule has 1 aliphatic heterocycles. The van der Waals surface area contributed by atoms with Crippen LogP contribution in [0.2, 0.25) is 0 Å². The molecule has 1 saturated carbocycles. The largest absolute Gasteiger partial charge is 0.354 e. The van der Waals surface area contributed by atoms with E-state index in [4.69, 9.17) is 5.73 Å². The van der Waals surface area contributed by atoms with E-state index >= 15 is 0 Å². The lowest BCUT2D eigenvalue weighted by atomic mass is 10.1. The lowest BCUT2D eigenvalue weighted by Crippen LogP contribution is -2.47. The van der Waals surface area contributed by atoms with Crippen LogP contribution >= 0.6 is 0 Å². The van der Waals surface area contributed by atoms with Crippen LogP contribution in [0, 0.1) is 0 Å². The Morgan fingerprint density at radius 1 is 1.28 bits per heavy atom. The highest BCUT2D eigenvalue weighted by Crippen LogP contribution is 2.29. The molecule has 4 heteroatoms. The Balaban J connectivity index is 1.71. The van der Waals surface area contributed by atoms with Crippen LogP contribution < -0.4 is 10.6 Å². The number of nitrogens with zero attached hydrogens (tertiary/aromatic N) is 3. The molecule has 2 aliphatic rings. The van der Waals surface area contributed by atoms with Crippen molar-refractivity contribution >= 4 is 5.82 Å². The molecule has 0 spiro atoms. The van der Waals surface area contributed by atoms with Gasteiger partial charge in [0.25, 0.3) is 0 Å². The van der Waals surface area contributed by atoms with Gasteiger partial charge in [0.1, 0.15) is 5.82 Å². The maximum atomic E-state index is 6.03. The lowest BCUT2D eigenvalue weighted by molar-refractivity contribution is 0.247. The summed E-state index contributed by atoms with van der Waals surface area (Å²) in [7, 11) is 0. The minimum absolute atomic E-state index is 0.0511. The zero-order valence-corrected chi connectivity index (χ0v) is 11.0. The third-order valence-corrected chi connectivity index (χ3v) is 3.98. The first kappa shape index (κ1) is 11.9. The van der Waals surface area contributed by atoms with Gasteiger partial charge in [0.2, 0.25) is 0 Å². The van der Waals surface area contributed by atoms with Crippen LogP contribution in [0.4, 0.5) is 5.82 Å². The van der Waals surface area contributed by atoms with Gasteiger partial charge in [-0.3, -0.25) is 4.90 Å². The third-order valence-electron chi connectivity index (χ3n) is 3.98. The molecule has 1 saturated heterocycles. The van der Waals surface area contributed by atoms with Gasteiger partial charge in [0, 0.05) is 50.0 Å². The Labute approximate surface area is 109 Å². The SMILES string of the molecule is C[C@@H](N)c1cccnc1N1CCN(C2CC2)CC1. The van der Waals surface area contributed by atoms with E-state index in [0.717, 1.165) is 30.5 Å². The summed E-state index contributed by atoms with van der Waals surface area (Å²) in [6.07, 6.45) is 4.66. The number of anilines is 1. The first-order chi connectivity index (χ1) is 8.75. The van der Waals surface area contributed by atoms with Crippen molar-refractivity contribution in [2.75, 3.05) is 31.1 Å². The highest BCUT2D eigenvalue weighted by molar-refractivity contribution is 5.48. The number of hydrogen-bond donors (Lipinski definition) is 1. The van der Waals surface area contributed by atoms with E-state index in [2.05, 4.69) is 20.9 Å². The second-order valence-corrected chi connectivity index (χ2v) is 5.46. The highest BCUT2D eigenvalue weighted by atomic mass is 15.3. The van der Waals surface area contributed by atoms with Gasteiger partial charge in [0.05, 0.1) is 0 Å². The van der Waals surface area contributed by atoms with Gasteiger partial charge in [-0.15, -0.1) is 0 Å². The molecular formula is C14H22N4. The van der Waals surface area contributed by atoms with Crippen LogP contribution in [0.25, 0.3) is 0 Å². The minimum Gasteiger partial charge on any atom is -0.354 e. The molecule has 2 heterocycles. The van der Waals surface area contributed by atoms with Crippen molar-refractivity contribution in [3.05, 3.63) is 23.9 Å². The fourth-order valence-electron chi connectivity index (χ4n) is 2.77. The molecule has 1 aromatic heterocycles. The Morgan fingerprint density at radius 2 is 2.00 bits per heavy atom. The van der Waals surface area contributed by atoms with Gasteiger partial charge in [-0.25, -0.2) is 4.98 Å². The van der Waals surface area contributed by atoms with E-state index in [0.29, 0.717) is 0 Å². The summed E-state index contributed by atoms with van der Waals surface area (Å²) in [5, 5.41) is 0. The van der Waals surface area contributed by atoms with Crippen LogP contribution in [-0.2, 0) is 0 Å². The molecule has 1 aromatic rings. The average molecular weight is 246 g/mol. The van der Waals surface area contributed by atoms with Crippen LogP contribution in [0.3, 0.4) is 0 Å². The molecular weight excluding hydrogens is 224 g/mol. The minimum atomic E-state index is 0.0511. The monoisotopic (exact) mass is 246 g/mol. The topological polar surface area (TPSA) is 45.4 Å². The van der Waals surface area contributed by atoms with Gasteiger partial charge in [0.15, 0.2) is 0 Å². The molecule has 98 valence electrons. The second-order valence-electron chi connectivity index (χ2n) is 5.46. The van der Waals surface area contributed by atoms with Crippen molar-refractivity contribution in [1.29, 1.82) is 0 Å². The summed E-state index contributed by atoms with van der Waals surface area (Å²) in [4.78, 5) is 9.54. The highest BCUT2D eigenvalue weighted by Gasteiger charge is 2.31. The van der Waals surface area contributed by atoms with Crippen LogP contribution in [-0.4, -0.2) is 42.1 Å². The fourth-order valence-corrected chi connectivity index (χ4v) is 2.77. The standard InChI is InChI=1S/C14H22N4/c1-11(15)13-3-2-6-16-14(13)18-9-7-17(8-10-18)12-4-5-12/h2-3,6,11-12H,4-5,7-10,15H2,1H3/t11-/m1/s1. The fraction of sp³-hybridized carbons (Fsp3) is 0.643. The molecule has 0 amide bonds. The van der Waals surface area contributed by atoms with Gasteiger partial charge >= 0.3 is 0 Å². The van der Waals surface area contributed by atoms with E-state index in [1.807, 2.05) is 19.2 Å². The van der Waals surface area contributed by atoms with Crippen molar-refractivity contribution in [3.63, 3.8) is 0 Å². The van der Waals surface area contributed by atoms with Crippen molar-refractivity contribution in [1.82, 2.24) is 9.88 Å². The zero-order chi connectivity index (χ0) is 12.5. The maximum absolute atomic E-state index is 6.03. The van der Waals surface area contributed by atoms with Crippen molar-refractivity contribution < 1.29 is 0 Å². The van der Waals surface area contributed by atoms with E-state index in [9.17, 15) is 0 Å². The molecule has 0 bridgehead atoms. The molecule has 18 heavy (non-hydrogen) atoms. The summed E-state index contributed by atoms with van der Waals surface area (Å²) in [6.45, 7) is 6.51. The van der Waals surface area contributed by atoms with Crippen LogP contribution in [0.5, 0.6) is 0 Å². The molecule has 0 unspecified atom stereocenters. The van der Waals surface area contributed by atoms with Gasteiger partial charge in [-0.2, -0.15) is 0 Å². The number of rotatable bonds is 3. The Morgan fingerprint density at radius 3 is 2.61 bits per heavy atom. The summed E-state index contributed by atoms with van der Waals surface area (Å²) in [5.41, 5.74) is 7.19. The predicted molar refractivity (Wildman–Crippen MR) is 73.6 cm³/mol. The lowest BCUT2D eigenvalue weighted by Gasteiger charge is -2.36. The molecule has 4 nitrogen and oxygen atoms in total. The molecule has 0 radical (unpaired) electrons. The van der Waals surface area contributed by atoms with Crippen molar-refractivity contribution in [2.24, 2.45) is 5.73 Å². The van der Waals surface area contributed by atoms with Crippen LogP contribution in [0.15, 0.2) is 18.3 Å². The van der Waals surface area contributed by atoms with Crippen molar-refractivity contribution in [3.8, 4) is 0 Å². The molecule has 1 aliphatic carbocycles. The Hall–Kier alpha value is -1.13. The van der Waals surface area contributed by atoms with E-state index < -0.39 is 0 Å². The molecule has 2 N–H and O–H groups in total. The zero-order valence-electron chi connectivity index (χ0n) is 11.0. The third kappa shape index (κ3) is 2.35. The number of aromatic nitrogens is 1. The van der Waals surface area contributed by atoms with Gasteiger partial charge in [-0.05, 0) is 25.8 Å². The molecule has 2 fully saturated rings. The number of pyridine rings is 1. The summed E-state index contributed by atoms with van der Waals surface area (Å²) in [5.74, 6) is 1.09. The van der Waals surface area contributed by atoms with E-state index in [1.165, 1.54) is 25.9 Å². The van der Waals surface area contributed by atoms with Gasteiger partial charge in [-0.1, -0.05) is 6.07 Å². The van der Waals surface area contributed by atoms with Crippen LogP contribution in [0.1, 0.15) is 31.4 Å². The Bertz CT molecular complexity index is 406. The maximum Gasteiger partial charge on any atom is 0.133 e. The molecule has 1 atom stereocenters. The quantitative estimate of drug-likeness (QED) is 0.875.